The number of carbonyl (C=O) groups is 1. The van der Waals surface area contributed by atoms with E-state index < -0.39 is 0 Å². The quantitative estimate of drug-likeness (QED) is 0.851. The van der Waals surface area contributed by atoms with Gasteiger partial charge in [-0.2, -0.15) is 0 Å². The molecule has 2 aliphatic rings. The predicted molar refractivity (Wildman–Crippen MR) is 90.4 cm³/mol. The molecule has 0 radical (unpaired) electrons. The molecule has 1 aromatic carbocycles. The fourth-order valence-corrected chi connectivity index (χ4v) is 3.38. The number of nitrogens with zero attached hydrogens (tertiary/aromatic N) is 1. The zero-order chi connectivity index (χ0) is 16.4. The molecular weight excluding hydrogens is 290 g/mol. The zero-order valence-electron chi connectivity index (χ0n) is 14.4. The van der Waals surface area contributed by atoms with Crippen molar-refractivity contribution in [3.63, 3.8) is 0 Å². The number of fused-ring (bicyclic) bond motifs is 1. The van der Waals surface area contributed by atoms with Crippen LogP contribution in [0.2, 0.25) is 0 Å². The van der Waals surface area contributed by atoms with Crippen molar-refractivity contribution in [1.29, 1.82) is 0 Å². The molecule has 2 aliphatic heterocycles. The van der Waals surface area contributed by atoms with Crippen LogP contribution in [0.4, 0.5) is 0 Å². The minimum absolute atomic E-state index is 0.186. The molecule has 3 rings (SSSR count). The molecule has 0 unspecified atom stereocenters. The summed E-state index contributed by atoms with van der Waals surface area (Å²) in [4.78, 5) is 15.1. The van der Waals surface area contributed by atoms with Gasteiger partial charge in [-0.25, -0.2) is 0 Å². The molecule has 0 amide bonds. The highest BCUT2D eigenvalue weighted by atomic mass is 16.5. The summed E-state index contributed by atoms with van der Waals surface area (Å²) in [6.07, 6.45) is 2.35. The molecule has 126 valence electrons. The molecule has 4 heteroatoms. The molecule has 4 nitrogen and oxygen atoms in total. The molecule has 0 atom stereocenters. The second-order valence-electron chi connectivity index (χ2n) is 7.18. The third kappa shape index (κ3) is 3.52. The minimum Gasteiger partial charge on any atom is -0.493 e. The van der Waals surface area contributed by atoms with Gasteiger partial charge in [-0.1, -0.05) is 20.8 Å². The summed E-state index contributed by atoms with van der Waals surface area (Å²) >= 11 is 0. The second kappa shape index (κ2) is 6.52. The highest BCUT2D eigenvalue weighted by Gasteiger charge is 2.42. The number of hydrogen-bond donors (Lipinski definition) is 0. The molecule has 0 aromatic heterocycles. The number of Topliss-reactive ketones (excluding diaryl/α,β-unsaturated/α-hetero) is 1. The molecular formula is C19H27NO3. The Balaban J connectivity index is 1.75. The SMILES string of the molecule is CCN1CCC2(CC1)CC(=O)c1cc(OCC(C)C)ccc1O2. The highest BCUT2D eigenvalue weighted by molar-refractivity contribution is 6.00. The minimum atomic E-state index is -0.296. The van der Waals surface area contributed by atoms with Crippen molar-refractivity contribution in [2.75, 3.05) is 26.2 Å². The number of piperidine rings is 1. The summed E-state index contributed by atoms with van der Waals surface area (Å²) < 4.78 is 12.0. The summed E-state index contributed by atoms with van der Waals surface area (Å²) in [7, 11) is 0. The lowest BCUT2D eigenvalue weighted by Crippen LogP contribution is -2.50. The normalized spacial score (nSPS) is 20.4. The first-order valence-electron chi connectivity index (χ1n) is 8.73. The summed E-state index contributed by atoms with van der Waals surface area (Å²) in [6, 6.07) is 5.65. The molecule has 0 N–H and O–H groups in total. The van der Waals surface area contributed by atoms with Crippen molar-refractivity contribution in [3.05, 3.63) is 23.8 Å². The van der Waals surface area contributed by atoms with Crippen LogP contribution in [0.25, 0.3) is 0 Å². The second-order valence-corrected chi connectivity index (χ2v) is 7.18. The molecule has 0 aliphatic carbocycles. The highest BCUT2D eigenvalue weighted by Crippen LogP contribution is 2.40. The van der Waals surface area contributed by atoms with Gasteiger partial charge in [-0.05, 0) is 30.7 Å². The van der Waals surface area contributed by atoms with E-state index in [4.69, 9.17) is 9.47 Å². The number of benzene rings is 1. The van der Waals surface area contributed by atoms with Crippen LogP contribution in [0.15, 0.2) is 18.2 Å². The number of ether oxygens (including phenoxy) is 2. The van der Waals surface area contributed by atoms with Crippen LogP contribution in [-0.2, 0) is 0 Å². The number of ketones is 1. The third-order valence-corrected chi connectivity index (χ3v) is 4.86. The smallest absolute Gasteiger partial charge is 0.170 e. The first-order chi connectivity index (χ1) is 11.0. The number of likely N-dealkylation sites (tertiary alicyclic amines) is 1. The summed E-state index contributed by atoms with van der Waals surface area (Å²) in [6.45, 7) is 10.1. The molecule has 2 heterocycles. The summed E-state index contributed by atoms with van der Waals surface area (Å²) in [5.74, 6) is 2.13. The molecule has 1 spiro atoms. The lowest BCUT2D eigenvalue weighted by atomic mass is 9.82. The van der Waals surface area contributed by atoms with E-state index in [0.717, 1.165) is 44.0 Å². The molecule has 0 bridgehead atoms. The van der Waals surface area contributed by atoms with E-state index in [-0.39, 0.29) is 11.4 Å². The molecule has 1 aromatic rings. The molecule has 1 saturated heterocycles. The van der Waals surface area contributed by atoms with Crippen LogP contribution < -0.4 is 9.47 Å². The standard InChI is InChI=1S/C19H27NO3/c1-4-20-9-7-19(8-10-20)12-17(21)16-11-15(22-13-14(2)3)5-6-18(16)23-19/h5-6,11,14H,4,7-10,12-13H2,1-3H3. The first-order valence-corrected chi connectivity index (χ1v) is 8.73. The fourth-order valence-electron chi connectivity index (χ4n) is 3.38. The van der Waals surface area contributed by atoms with Crippen LogP contribution in [0.3, 0.4) is 0 Å². The van der Waals surface area contributed by atoms with Crippen LogP contribution in [0.1, 0.15) is 50.4 Å². The van der Waals surface area contributed by atoms with Gasteiger partial charge >= 0.3 is 0 Å². The van der Waals surface area contributed by atoms with Crippen LogP contribution >= 0.6 is 0 Å². The Morgan fingerprint density at radius 3 is 2.70 bits per heavy atom. The van der Waals surface area contributed by atoms with Crippen LogP contribution in [-0.4, -0.2) is 42.5 Å². The van der Waals surface area contributed by atoms with Gasteiger partial charge in [0.05, 0.1) is 18.6 Å². The van der Waals surface area contributed by atoms with Gasteiger partial charge in [0.1, 0.15) is 17.1 Å². The van der Waals surface area contributed by atoms with Crippen molar-refractivity contribution in [2.45, 2.75) is 45.6 Å². The lowest BCUT2D eigenvalue weighted by Gasteiger charge is -2.43. The number of rotatable bonds is 4. The Kier molecular flexibility index (Phi) is 4.62. The summed E-state index contributed by atoms with van der Waals surface area (Å²) in [5.41, 5.74) is 0.380. The Bertz CT molecular complexity index is 574. The Labute approximate surface area is 138 Å². The van der Waals surface area contributed by atoms with Gasteiger partial charge in [0.15, 0.2) is 5.78 Å². The maximum atomic E-state index is 12.7. The third-order valence-electron chi connectivity index (χ3n) is 4.86. The average Bonchev–Trinajstić information content (AvgIpc) is 2.54. The predicted octanol–water partition coefficient (Wildman–Crippen LogP) is 3.54. The van der Waals surface area contributed by atoms with Crippen molar-refractivity contribution < 1.29 is 14.3 Å². The van der Waals surface area contributed by atoms with Crippen molar-refractivity contribution in [3.8, 4) is 11.5 Å². The topological polar surface area (TPSA) is 38.8 Å². The molecule has 0 saturated carbocycles. The van der Waals surface area contributed by atoms with Crippen molar-refractivity contribution in [1.82, 2.24) is 4.90 Å². The monoisotopic (exact) mass is 317 g/mol. The Morgan fingerprint density at radius 2 is 2.04 bits per heavy atom. The van der Waals surface area contributed by atoms with Gasteiger partial charge in [0.25, 0.3) is 0 Å². The van der Waals surface area contributed by atoms with Gasteiger partial charge < -0.3 is 14.4 Å². The molecule has 23 heavy (non-hydrogen) atoms. The Hall–Kier alpha value is -1.55. The maximum Gasteiger partial charge on any atom is 0.170 e. The van der Waals surface area contributed by atoms with Gasteiger partial charge in [-0.3, -0.25) is 4.79 Å². The van der Waals surface area contributed by atoms with E-state index >= 15 is 0 Å². The van der Waals surface area contributed by atoms with E-state index in [0.29, 0.717) is 24.5 Å². The van der Waals surface area contributed by atoms with E-state index in [1.165, 1.54) is 0 Å². The average molecular weight is 317 g/mol. The maximum absolute atomic E-state index is 12.7. The number of hydrogen-bond acceptors (Lipinski definition) is 4. The van der Waals surface area contributed by atoms with Gasteiger partial charge in [0, 0.05) is 25.9 Å². The largest absolute Gasteiger partial charge is 0.493 e. The van der Waals surface area contributed by atoms with E-state index in [1.807, 2.05) is 18.2 Å². The summed E-state index contributed by atoms with van der Waals surface area (Å²) in [5, 5.41) is 0. The van der Waals surface area contributed by atoms with E-state index in [2.05, 4.69) is 25.7 Å². The fraction of sp³-hybridized carbons (Fsp3) is 0.632. The van der Waals surface area contributed by atoms with Crippen LogP contribution in [0.5, 0.6) is 11.5 Å². The van der Waals surface area contributed by atoms with Gasteiger partial charge in [-0.15, -0.1) is 0 Å². The van der Waals surface area contributed by atoms with Crippen molar-refractivity contribution >= 4 is 5.78 Å². The van der Waals surface area contributed by atoms with E-state index in [1.54, 1.807) is 0 Å². The van der Waals surface area contributed by atoms with E-state index in [9.17, 15) is 4.79 Å². The Morgan fingerprint density at radius 1 is 1.30 bits per heavy atom. The van der Waals surface area contributed by atoms with Crippen molar-refractivity contribution in [2.24, 2.45) is 5.92 Å². The van der Waals surface area contributed by atoms with Crippen LogP contribution in [0, 0.1) is 5.92 Å². The lowest BCUT2D eigenvalue weighted by molar-refractivity contribution is -0.00788. The van der Waals surface area contributed by atoms with Gasteiger partial charge in [0.2, 0.25) is 0 Å². The zero-order valence-corrected chi connectivity index (χ0v) is 14.4. The first kappa shape index (κ1) is 16.3. The molecule has 1 fully saturated rings. The number of carbonyl (C=O) groups excluding carboxylic acids is 1.